The van der Waals surface area contributed by atoms with Crippen molar-refractivity contribution in [2.24, 2.45) is 0 Å². The summed E-state index contributed by atoms with van der Waals surface area (Å²) in [6.45, 7) is 0. The Bertz CT molecular complexity index is 1050. The number of hydrogen-bond donors (Lipinski definition) is 1. The van der Waals surface area contributed by atoms with Crippen molar-refractivity contribution >= 4 is 11.6 Å². The first-order valence-electron chi connectivity index (χ1n) is 8.77. The molecule has 4 rings (SSSR count). The van der Waals surface area contributed by atoms with Crippen molar-refractivity contribution in [3.8, 4) is 5.69 Å². The monoisotopic (exact) mass is 407 g/mol. The van der Waals surface area contributed by atoms with Gasteiger partial charge in [-0.05, 0) is 55.3 Å². The molecule has 0 aliphatic heterocycles. The van der Waals surface area contributed by atoms with E-state index in [0.717, 1.165) is 31.0 Å². The third kappa shape index (κ3) is 3.85. The molecule has 1 saturated carbocycles. The standard InChI is InChI=1S/C20H14F5N3O/c21-14-2-1-3-15(22)18(14)26-19(29)12-6-8-13(9-7-12)28-16(11-4-5-11)10-17(27-28)20(23,24)25/h1-3,6-11H,4-5H2,(H,26,29). The zero-order valence-corrected chi connectivity index (χ0v) is 14.8. The highest BCUT2D eigenvalue weighted by Gasteiger charge is 2.38. The zero-order valence-electron chi connectivity index (χ0n) is 14.8. The van der Waals surface area contributed by atoms with Gasteiger partial charge in [-0.2, -0.15) is 18.3 Å². The molecule has 1 amide bonds. The first-order valence-corrected chi connectivity index (χ1v) is 8.77. The van der Waals surface area contributed by atoms with E-state index in [9.17, 15) is 26.7 Å². The molecule has 9 heteroatoms. The average Bonchev–Trinajstić information content (AvgIpc) is 3.41. The van der Waals surface area contributed by atoms with Gasteiger partial charge in [-0.1, -0.05) is 6.07 Å². The Labute approximate surface area is 162 Å². The van der Waals surface area contributed by atoms with E-state index in [0.29, 0.717) is 11.4 Å². The van der Waals surface area contributed by atoms with Crippen molar-refractivity contribution in [3.63, 3.8) is 0 Å². The van der Waals surface area contributed by atoms with Gasteiger partial charge in [0.1, 0.15) is 17.3 Å². The maximum Gasteiger partial charge on any atom is 0.435 e. The number of anilines is 1. The van der Waals surface area contributed by atoms with E-state index in [-0.39, 0.29) is 11.5 Å². The molecule has 4 nitrogen and oxygen atoms in total. The van der Waals surface area contributed by atoms with Gasteiger partial charge >= 0.3 is 6.18 Å². The molecular weight excluding hydrogens is 393 g/mol. The van der Waals surface area contributed by atoms with Gasteiger partial charge in [0, 0.05) is 17.2 Å². The number of para-hydroxylation sites is 1. The Kier molecular flexibility index (Phi) is 4.60. The van der Waals surface area contributed by atoms with Crippen LogP contribution < -0.4 is 5.32 Å². The molecule has 1 fully saturated rings. The van der Waals surface area contributed by atoms with E-state index in [4.69, 9.17) is 0 Å². The summed E-state index contributed by atoms with van der Waals surface area (Å²) in [4.78, 5) is 12.3. The summed E-state index contributed by atoms with van der Waals surface area (Å²) in [5.41, 5.74) is -0.637. The van der Waals surface area contributed by atoms with Crippen LogP contribution in [0.1, 0.15) is 40.5 Å². The van der Waals surface area contributed by atoms with Crippen LogP contribution in [0.3, 0.4) is 0 Å². The molecule has 1 aliphatic rings. The van der Waals surface area contributed by atoms with Crippen molar-refractivity contribution in [2.45, 2.75) is 24.9 Å². The fourth-order valence-electron chi connectivity index (χ4n) is 2.97. The number of carbonyl (C=O) groups excluding carboxylic acids is 1. The molecule has 0 bridgehead atoms. The lowest BCUT2D eigenvalue weighted by atomic mass is 10.1. The number of amides is 1. The van der Waals surface area contributed by atoms with Gasteiger partial charge in [0.2, 0.25) is 0 Å². The van der Waals surface area contributed by atoms with Gasteiger partial charge < -0.3 is 5.32 Å². The smallest absolute Gasteiger partial charge is 0.317 e. The topological polar surface area (TPSA) is 46.9 Å². The number of alkyl halides is 3. The molecule has 1 aliphatic carbocycles. The van der Waals surface area contributed by atoms with Crippen molar-refractivity contribution in [3.05, 3.63) is 77.1 Å². The molecular formula is C20H14F5N3O. The number of hydrogen-bond acceptors (Lipinski definition) is 2. The minimum atomic E-state index is -4.56. The number of carbonyl (C=O) groups is 1. The predicted octanol–water partition coefficient (Wildman–Crippen LogP) is 5.30. The highest BCUT2D eigenvalue weighted by molar-refractivity contribution is 6.04. The summed E-state index contributed by atoms with van der Waals surface area (Å²) in [5, 5.41) is 5.83. The predicted molar refractivity (Wildman–Crippen MR) is 94.9 cm³/mol. The first-order chi connectivity index (χ1) is 13.7. The first kappa shape index (κ1) is 19.1. The maximum atomic E-state index is 13.7. The maximum absolute atomic E-state index is 13.7. The second kappa shape index (κ2) is 6.98. The summed E-state index contributed by atoms with van der Waals surface area (Å²) in [6, 6.07) is 9.82. The van der Waals surface area contributed by atoms with Crippen LogP contribution in [0.15, 0.2) is 48.5 Å². The van der Waals surface area contributed by atoms with Gasteiger partial charge in [0.15, 0.2) is 5.69 Å². The lowest BCUT2D eigenvalue weighted by molar-refractivity contribution is -0.141. The second-order valence-electron chi connectivity index (χ2n) is 6.74. The number of rotatable bonds is 4. The van der Waals surface area contributed by atoms with Crippen LogP contribution in [0.2, 0.25) is 0 Å². The normalized spacial score (nSPS) is 14.1. The Morgan fingerprint density at radius 2 is 1.66 bits per heavy atom. The average molecular weight is 407 g/mol. The second-order valence-corrected chi connectivity index (χ2v) is 6.74. The largest absolute Gasteiger partial charge is 0.435 e. The molecule has 2 aromatic carbocycles. The molecule has 1 N–H and O–H groups in total. The quantitative estimate of drug-likeness (QED) is 0.597. The molecule has 1 heterocycles. The molecule has 0 atom stereocenters. The molecule has 0 unspecified atom stereocenters. The van der Waals surface area contributed by atoms with Crippen molar-refractivity contribution in [1.29, 1.82) is 0 Å². The molecule has 0 spiro atoms. The molecule has 0 radical (unpaired) electrons. The zero-order chi connectivity index (χ0) is 20.8. The highest BCUT2D eigenvalue weighted by Crippen LogP contribution is 2.42. The third-order valence-electron chi connectivity index (χ3n) is 4.60. The Morgan fingerprint density at radius 3 is 2.21 bits per heavy atom. The summed E-state index contributed by atoms with van der Waals surface area (Å²) in [6.07, 6.45) is -2.98. The third-order valence-corrected chi connectivity index (χ3v) is 4.60. The lowest BCUT2D eigenvalue weighted by Crippen LogP contribution is -2.14. The minimum absolute atomic E-state index is 0.0191. The summed E-state index contributed by atoms with van der Waals surface area (Å²) >= 11 is 0. The van der Waals surface area contributed by atoms with Crippen LogP contribution in [0.25, 0.3) is 5.69 Å². The van der Waals surface area contributed by atoms with Crippen LogP contribution in [0, 0.1) is 11.6 Å². The van der Waals surface area contributed by atoms with Crippen LogP contribution in [-0.2, 0) is 6.18 Å². The molecule has 0 saturated heterocycles. The van der Waals surface area contributed by atoms with Crippen LogP contribution in [0.4, 0.5) is 27.6 Å². The minimum Gasteiger partial charge on any atom is -0.317 e. The Hall–Kier alpha value is -3.23. The molecule has 3 aromatic rings. The van der Waals surface area contributed by atoms with Gasteiger partial charge in [-0.25, -0.2) is 13.5 Å². The summed E-state index contributed by atoms with van der Waals surface area (Å²) in [5.74, 6) is -2.56. The SMILES string of the molecule is O=C(Nc1c(F)cccc1F)c1ccc(-n2nc(C(F)(F)F)cc2C2CC2)cc1. The Balaban J connectivity index is 1.60. The molecule has 1 aromatic heterocycles. The number of halogens is 5. The van der Waals surface area contributed by atoms with Crippen LogP contribution in [-0.4, -0.2) is 15.7 Å². The van der Waals surface area contributed by atoms with Gasteiger partial charge in [0.05, 0.1) is 5.69 Å². The van der Waals surface area contributed by atoms with Gasteiger partial charge in [-0.3, -0.25) is 4.79 Å². The van der Waals surface area contributed by atoms with Gasteiger partial charge in [0.25, 0.3) is 5.91 Å². The van der Waals surface area contributed by atoms with E-state index in [1.165, 1.54) is 35.0 Å². The van der Waals surface area contributed by atoms with Crippen molar-refractivity contribution in [1.82, 2.24) is 9.78 Å². The molecule has 150 valence electrons. The van der Waals surface area contributed by atoms with E-state index in [1.54, 1.807) is 0 Å². The van der Waals surface area contributed by atoms with Crippen LogP contribution >= 0.6 is 0 Å². The van der Waals surface area contributed by atoms with E-state index < -0.39 is 35.1 Å². The summed E-state index contributed by atoms with van der Waals surface area (Å²) < 4.78 is 67.7. The van der Waals surface area contributed by atoms with Crippen molar-refractivity contribution < 1.29 is 26.7 Å². The van der Waals surface area contributed by atoms with Crippen molar-refractivity contribution in [2.75, 3.05) is 5.32 Å². The Morgan fingerprint density at radius 1 is 1.03 bits per heavy atom. The van der Waals surface area contributed by atoms with E-state index in [1.807, 2.05) is 0 Å². The molecule has 29 heavy (non-hydrogen) atoms. The fourth-order valence-corrected chi connectivity index (χ4v) is 2.97. The highest BCUT2D eigenvalue weighted by atomic mass is 19.4. The lowest BCUT2D eigenvalue weighted by Gasteiger charge is -2.10. The van der Waals surface area contributed by atoms with E-state index in [2.05, 4.69) is 10.4 Å². The summed E-state index contributed by atoms with van der Waals surface area (Å²) in [7, 11) is 0. The number of nitrogens with one attached hydrogen (secondary N) is 1. The number of nitrogens with zero attached hydrogens (tertiary/aromatic N) is 2. The number of benzene rings is 2. The van der Waals surface area contributed by atoms with E-state index >= 15 is 0 Å². The number of aromatic nitrogens is 2. The van der Waals surface area contributed by atoms with Crippen LogP contribution in [0.5, 0.6) is 0 Å². The van der Waals surface area contributed by atoms with Gasteiger partial charge in [-0.15, -0.1) is 0 Å². The fraction of sp³-hybridized carbons (Fsp3) is 0.200.